The predicted octanol–water partition coefficient (Wildman–Crippen LogP) is 2.31. The largest absolute Gasteiger partial charge is 0.463 e. The fraction of sp³-hybridized carbons (Fsp3) is 0.833. The topological polar surface area (TPSA) is 52.6 Å². The molecule has 0 heterocycles. The van der Waals surface area contributed by atoms with Crippen LogP contribution in [-0.4, -0.2) is 25.2 Å². The van der Waals surface area contributed by atoms with Crippen LogP contribution in [0.5, 0.6) is 0 Å². The molecular weight excluding hydrogens is 208 g/mol. The van der Waals surface area contributed by atoms with Gasteiger partial charge in [-0.15, -0.1) is 0 Å². The van der Waals surface area contributed by atoms with E-state index in [1.165, 1.54) is 0 Å². The van der Waals surface area contributed by atoms with Gasteiger partial charge in [0.25, 0.3) is 0 Å². The molecule has 0 unspecified atom stereocenters. The zero-order valence-corrected chi connectivity index (χ0v) is 10.7. The van der Waals surface area contributed by atoms with Gasteiger partial charge in [0.2, 0.25) is 0 Å². The molecule has 0 N–H and O–H groups in total. The van der Waals surface area contributed by atoms with E-state index in [2.05, 4.69) is 0 Å². The molecular formula is C12H22O4. The Morgan fingerprint density at radius 1 is 1.12 bits per heavy atom. The molecule has 0 aromatic rings. The van der Waals surface area contributed by atoms with Gasteiger partial charge in [0.1, 0.15) is 0 Å². The first kappa shape index (κ1) is 14.9. The summed E-state index contributed by atoms with van der Waals surface area (Å²) in [5.41, 5.74) is -0.538. The van der Waals surface area contributed by atoms with E-state index in [-0.39, 0.29) is 12.6 Å². The van der Waals surface area contributed by atoms with Crippen molar-refractivity contribution < 1.29 is 19.1 Å². The first-order valence-electron chi connectivity index (χ1n) is 5.77. The lowest BCUT2D eigenvalue weighted by molar-refractivity contribution is -0.164. The van der Waals surface area contributed by atoms with Crippen LogP contribution in [0.15, 0.2) is 0 Å². The summed E-state index contributed by atoms with van der Waals surface area (Å²) >= 11 is 0. The maximum atomic E-state index is 11.5. The van der Waals surface area contributed by atoms with Crippen LogP contribution in [0.4, 0.5) is 0 Å². The molecule has 4 heteroatoms. The number of unbranched alkanes of at least 4 members (excludes halogenated alkanes) is 1. The van der Waals surface area contributed by atoms with E-state index < -0.39 is 11.4 Å². The van der Waals surface area contributed by atoms with Gasteiger partial charge in [-0.25, -0.2) is 4.79 Å². The van der Waals surface area contributed by atoms with Gasteiger partial charge < -0.3 is 9.47 Å². The van der Waals surface area contributed by atoms with Crippen molar-refractivity contribution in [2.75, 3.05) is 13.2 Å². The van der Waals surface area contributed by atoms with E-state index in [0.29, 0.717) is 13.0 Å². The Hall–Kier alpha value is -1.06. The highest BCUT2D eigenvalue weighted by Gasteiger charge is 2.27. The molecule has 0 aliphatic heterocycles. The van der Waals surface area contributed by atoms with Crippen LogP contribution in [0.1, 0.15) is 47.0 Å². The second-order valence-electron chi connectivity index (χ2n) is 4.39. The van der Waals surface area contributed by atoms with E-state index in [0.717, 1.165) is 12.8 Å². The third-order valence-corrected chi connectivity index (χ3v) is 2.52. The average molecular weight is 230 g/mol. The van der Waals surface area contributed by atoms with Gasteiger partial charge in [0, 0.05) is 0 Å². The molecule has 0 amide bonds. The Morgan fingerprint density at radius 3 is 2.25 bits per heavy atom. The van der Waals surface area contributed by atoms with E-state index in [9.17, 15) is 9.59 Å². The lowest BCUT2D eigenvalue weighted by Gasteiger charge is -2.19. The lowest BCUT2D eigenvalue weighted by Crippen LogP contribution is -2.28. The van der Waals surface area contributed by atoms with E-state index >= 15 is 0 Å². The molecule has 0 bridgehead atoms. The first-order chi connectivity index (χ1) is 7.44. The molecule has 16 heavy (non-hydrogen) atoms. The molecule has 0 atom stereocenters. The van der Waals surface area contributed by atoms with E-state index in [1.807, 2.05) is 13.8 Å². The Morgan fingerprint density at radius 2 is 1.75 bits per heavy atom. The summed E-state index contributed by atoms with van der Waals surface area (Å²) < 4.78 is 9.74. The number of hydrogen-bond acceptors (Lipinski definition) is 4. The summed E-state index contributed by atoms with van der Waals surface area (Å²) in [5.74, 6) is -0.837. The van der Waals surface area contributed by atoms with Gasteiger partial charge in [-0.05, 0) is 26.7 Å². The van der Waals surface area contributed by atoms with Gasteiger partial charge in [-0.3, -0.25) is 4.79 Å². The first-order valence-corrected chi connectivity index (χ1v) is 5.77. The minimum absolute atomic E-state index is 0.286. The monoisotopic (exact) mass is 230 g/mol. The van der Waals surface area contributed by atoms with Crippen molar-refractivity contribution in [3.63, 3.8) is 0 Å². The molecule has 0 fully saturated rings. The number of hydrogen-bond donors (Lipinski definition) is 0. The van der Waals surface area contributed by atoms with Crippen LogP contribution < -0.4 is 0 Å². The normalized spacial score (nSPS) is 11.0. The van der Waals surface area contributed by atoms with Gasteiger partial charge in [-0.1, -0.05) is 20.3 Å². The number of esters is 2. The van der Waals surface area contributed by atoms with Crippen molar-refractivity contribution in [1.29, 1.82) is 0 Å². The van der Waals surface area contributed by atoms with Crippen molar-refractivity contribution in [2.45, 2.75) is 47.0 Å². The fourth-order valence-corrected chi connectivity index (χ4v) is 0.836. The molecule has 0 aliphatic rings. The highest BCUT2D eigenvalue weighted by atomic mass is 16.6. The van der Waals surface area contributed by atoms with Crippen molar-refractivity contribution in [3.8, 4) is 0 Å². The minimum Gasteiger partial charge on any atom is -0.463 e. The van der Waals surface area contributed by atoms with Crippen molar-refractivity contribution in [2.24, 2.45) is 5.41 Å². The second kappa shape index (κ2) is 7.25. The molecule has 0 radical (unpaired) electrons. The Labute approximate surface area is 97.3 Å². The number of carbonyl (C=O) groups is 2. The Kier molecular flexibility index (Phi) is 6.77. The molecule has 0 aromatic carbocycles. The molecule has 0 saturated carbocycles. The molecule has 4 nitrogen and oxygen atoms in total. The summed E-state index contributed by atoms with van der Waals surface area (Å²) in [6, 6.07) is 0. The SMILES string of the molecule is CCCCOC(=O)COC(=O)C(C)(C)CC. The zero-order valence-electron chi connectivity index (χ0n) is 10.7. The van der Waals surface area contributed by atoms with Gasteiger partial charge >= 0.3 is 11.9 Å². The number of carbonyl (C=O) groups excluding carboxylic acids is 2. The minimum atomic E-state index is -0.538. The smallest absolute Gasteiger partial charge is 0.344 e. The van der Waals surface area contributed by atoms with Crippen LogP contribution >= 0.6 is 0 Å². The summed E-state index contributed by atoms with van der Waals surface area (Å²) in [7, 11) is 0. The highest BCUT2D eigenvalue weighted by Crippen LogP contribution is 2.21. The van der Waals surface area contributed by atoms with Crippen LogP contribution in [-0.2, 0) is 19.1 Å². The average Bonchev–Trinajstić information content (AvgIpc) is 2.26. The molecule has 0 rings (SSSR count). The summed E-state index contributed by atoms with van der Waals surface area (Å²) in [5, 5.41) is 0. The maximum Gasteiger partial charge on any atom is 0.344 e. The standard InChI is InChI=1S/C12H22O4/c1-5-7-8-15-10(13)9-16-11(14)12(3,4)6-2/h5-9H2,1-4H3. The van der Waals surface area contributed by atoms with Crippen LogP contribution in [0, 0.1) is 5.41 Å². The van der Waals surface area contributed by atoms with Gasteiger partial charge in [0.15, 0.2) is 6.61 Å². The Bertz CT molecular complexity index is 233. The van der Waals surface area contributed by atoms with Crippen LogP contribution in [0.2, 0.25) is 0 Å². The molecule has 0 saturated heterocycles. The third kappa shape index (κ3) is 5.73. The lowest BCUT2D eigenvalue weighted by atomic mass is 9.91. The van der Waals surface area contributed by atoms with E-state index in [1.54, 1.807) is 13.8 Å². The van der Waals surface area contributed by atoms with Crippen LogP contribution in [0.25, 0.3) is 0 Å². The summed E-state index contributed by atoms with van der Waals surface area (Å²) in [4.78, 5) is 22.6. The molecule has 0 spiro atoms. The van der Waals surface area contributed by atoms with Crippen LogP contribution in [0.3, 0.4) is 0 Å². The van der Waals surface area contributed by atoms with Crippen molar-refractivity contribution >= 4 is 11.9 Å². The maximum absolute atomic E-state index is 11.5. The fourth-order valence-electron chi connectivity index (χ4n) is 0.836. The molecule has 94 valence electrons. The van der Waals surface area contributed by atoms with Gasteiger partial charge in [-0.2, -0.15) is 0 Å². The predicted molar refractivity (Wildman–Crippen MR) is 60.9 cm³/mol. The molecule has 0 aromatic heterocycles. The Balaban J connectivity index is 3.80. The third-order valence-electron chi connectivity index (χ3n) is 2.52. The second-order valence-corrected chi connectivity index (χ2v) is 4.39. The summed E-state index contributed by atoms with van der Waals surface area (Å²) in [6.07, 6.45) is 2.48. The zero-order chi connectivity index (χ0) is 12.6. The van der Waals surface area contributed by atoms with E-state index in [4.69, 9.17) is 9.47 Å². The number of ether oxygens (including phenoxy) is 2. The highest BCUT2D eigenvalue weighted by molar-refractivity contribution is 5.79. The van der Waals surface area contributed by atoms with Crippen molar-refractivity contribution in [1.82, 2.24) is 0 Å². The van der Waals surface area contributed by atoms with Crippen molar-refractivity contribution in [3.05, 3.63) is 0 Å². The van der Waals surface area contributed by atoms with Gasteiger partial charge in [0.05, 0.1) is 12.0 Å². The molecule has 0 aliphatic carbocycles. The quantitative estimate of drug-likeness (QED) is 0.497. The number of rotatable bonds is 7. The summed E-state index contributed by atoms with van der Waals surface area (Å²) in [6.45, 7) is 7.60.